The second-order valence-corrected chi connectivity index (χ2v) is 7.24. The van der Waals surface area contributed by atoms with Crippen molar-refractivity contribution in [1.29, 1.82) is 0 Å². The van der Waals surface area contributed by atoms with Gasteiger partial charge in [-0.2, -0.15) is 13.2 Å². The van der Waals surface area contributed by atoms with Gasteiger partial charge >= 0.3 is 6.18 Å². The number of nitrogens with one attached hydrogen (secondary N) is 2. The summed E-state index contributed by atoms with van der Waals surface area (Å²) in [4.78, 5) is 10.0. The standard InChI is InChI=1S/C18H22F3N5OS.HI/c1-22-17(23-9-16-25-15(11-28-16)18(19,20)21)24-12-7-8-26(10-12)13-5-3-4-6-14(13)27-2;/h3-6,11-12H,7-10H2,1-2H3,(H2,22,23,24);1H. The van der Waals surface area contributed by atoms with Gasteiger partial charge in [-0.3, -0.25) is 4.99 Å². The summed E-state index contributed by atoms with van der Waals surface area (Å²) in [7, 11) is 3.28. The fraction of sp³-hybridized carbons (Fsp3) is 0.444. The molecule has 1 unspecified atom stereocenters. The number of para-hydroxylation sites is 2. The number of aromatic nitrogens is 1. The SMILES string of the molecule is CN=C(NCc1nc(C(F)(F)F)cs1)NC1CCN(c2ccccc2OC)C1.I. The Kier molecular flexibility index (Phi) is 8.37. The second kappa shape index (κ2) is 10.3. The molecule has 11 heteroatoms. The Morgan fingerprint density at radius 3 is 2.79 bits per heavy atom. The molecule has 160 valence electrons. The van der Waals surface area contributed by atoms with E-state index in [1.54, 1.807) is 14.2 Å². The largest absolute Gasteiger partial charge is 0.495 e. The number of hydrogen-bond donors (Lipinski definition) is 2. The van der Waals surface area contributed by atoms with E-state index >= 15 is 0 Å². The molecule has 1 aromatic heterocycles. The zero-order chi connectivity index (χ0) is 20.1. The highest BCUT2D eigenvalue weighted by Crippen LogP contribution is 2.31. The molecule has 0 bridgehead atoms. The molecule has 1 fully saturated rings. The predicted octanol–water partition coefficient (Wildman–Crippen LogP) is 3.73. The van der Waals surface area contributed by atoms with Crippen LogP contribution in [-0.2, 0) is 12.7 Å². The predicted molar refractivity (Wildman–Crippen MR) is 119 cm³/mol. The molecular formula is C18H23F3IN5OS. The third kappa shape index (κ3) is 6.11. The summed E-state index contributed by atoms with van der Waals surface area (Å²) in [5.41, 5.74) is 0.181. The number of thiazole rings is 1. The maximum absolute atomic E-state index is 12.6. The Morgan fingerprint density at radius 2 is 2.14 bits per heavy atom. The molecule has 0 amide bonds. The van der Waals surface area contributed by atoms with Gasteiger partial charge < -0.3 is 20.3 Å². The van der Waals surface area contributed by atoms with E-state index in [1.165, 1.54) is 0 Å². The summed E-state index contributed by atoms with van der Waals surface area (Å²) in [5, 5.41) is 7.73. The Bertz CT molecular complexity index is 830. The summed E-state index contributed by atoms with van der Waals surface area (Å²) in [6, 6.07) is 8.03. The maximum atomic E-state index is 12.6. The summed E-state index contributed by atoms with van der Waals surface area (Å²) in [6.07, 6.45) is -3.51. The van der Waals surface area contributed by atoms with Crippen LogP contribution >= 0.6 is 35.3 Å². The molecule has 3 rings (SSSR count). The molecule has 1 aliphatic heterocycles. The smallest absolute Gasteiger partial charge is 0.434 e. The molecular weight excluding hydrogens is 518 g/mol. The Hall–Kier alpha value is -1.76. The lowest BCUT2D eigenvalue weighted by Gasteiger charge is -2.22. The van der Waals surface area contributed by atoms with Crippen molar-refractivity contribution in [1.82, 2.24) is 15.6 Å². The summed E-state index contributed by atoms with van der Waals surface area (Å²) < 4.78 is 43.3. The van der Waals surface area contributed by atoms with Crippen molar-refractivity contribution in [3.05, 3.63) is 40.3 Å². The first kappa shape index (κ1) is 23.5. The van der Waals surface area contributed by atoms with Gasteiger partial charge in [0.15, 0.2) is 11.7 Å². The monoisotopic (exact) mass is 541 g/mol. The van der Waals surface area contributed by atoms with Crippen LogP contribution < -0.4 is 20.3 Å². The molecule has 0 saturated carbocycles. The fourth-order valence-corrected chi connectivity index (χ4v) is 3.80. The molecule has 0 spiro atoms. The maximum Gasteiger partial charge on any atom is 0.434 e. The Labute approximate surface area is 188 Å². The number of guanidine groups is 1. The number of anilines is 1. The van der Waals surface area contributed by atoms with E-state index in [0.29, 0.717) is 11.0 Å². The van der Waals surface area contributed by atoms with Crippen LogP contribution in [0.4, 0.5) is 18.9 Å². The van der Waals surface area contributed by atoms with Gasteiger partial charge in [-0.25, -0.2) is 4.98 Å². The van der Waals surface area contributed by atoms with Gasteiger partial charge in [-0.15, -0.1) is 35.3 Å². The highest BCUT2D eigenvalue weighted by molar-refractivity contribution is 14.0. The molecule has 0 aliphatic carbocycles. The third-order valence-corrected chi connectivity index (χ3v) is 5.28. The van der Waals surface area contributed by atoms with Crippen molar-refractivity contribution in [2.45, 2.75) is 25.2 Å². The minimum absolute atomic E-state index is 0. The molecule has 1 saturated heterocycles. The molecule has 1 atom stereocenters. The number of hydrogen-bond acceptors (Lipinski definition) is 5. The van der Waals surface area contributed by atoms with Gasteiger partial charge in [0, 0.05) is 31.6 Å². The van der Waals surface area contributed by atoms with Crippen LogP contribution in [-0.4, -0.2) is 44.2 Å². The van der Waals surface area contributed by atoms with Crippen LogP contribution in [0.15, 0.2) is 34.6 Å². The normalized spacial score (nSPS) is 17.1. The molecule has 2 aromatic rings. The molecule has 1 aliphatic rings. The minimum atomic E-state index is -4.42. The van der Waals surface area contributed by atoms with Gasteiger partial charge in [-0.1, -0.05) is 12.1 Å². The van der Waals surface area contributed by atoms with Crippen molar-refractivity contribution in [3.63, 3.8) is 0 Å². The molecule has 6 nitrogen and oxygen atoms in total. The van der Waals surface area contributed by atoms with Crippen LogP contribution in [0.25, 0.3) is 0 Å². The van der Waals surface area contributed by atoms with Crippen LogP contribution in [0, 0.1) is 0 Å². The number of benzene rings is 1. The number of nitrogens with zero attached hydrogens (tertiary/aromatic N) is 3. The highest BCUT2D eigenvalue weighted by atomic mass is 127. The first-order chi connectivity index (χ1) is 13.4. The lowest BCUT2D eigenvalue weighted by molar-refractivity contribution is -0.140. The van der Waals surface area contributed by atoms with E-state index in [1.807, 2.05) is 24.3 Å². The quantitative estimate of drug-likeness (QED) is 0.344. The minimum Gasteiger partial charge on any atom is -0.495 e. The third-order valence-electron chi connectivity index (χ3n) is 4.43. The van der Waals surface area contributed by atoms with Gasteiger partial charge in [-0.05, 0) is 18.6 Å². The topological polar surface area (TPSA) is 61.8 Å². The number of methoxy groups -OCH3 is 1. The van der Waals surface area contributed by atoms with Gasteiger partial charge in [0.05, 0.1) is 19.3 Å². The van der Waals surface area contributed by atoms with E-state index in [4.69, 9.17) is 4.74 Å². The van der Waals surface area contributed by atoms with E-state index in [0.717, 1.165) is 47.7 Å². The molecule has 2 N–H and O–H groups in total. The summed E-state index contributed by atoms with van der Waals surface area (Å²) in [5.74, 6) is 1.37. The second-order valence-electron chi connectivity index (χ2n) is 6.30. The van der Waals surface area contributed by atoms with Gasteiger partial charge in [0.2, 0.25) is 0 Å². The zero-order valence-corrected chi connectivity index (χ0v) is 19.1. The lowest BCUT2D eigenvalue weighted by Crippen LogP contribution is -2.44. The zero-order valence-electron chi connectivity index (χ0n) is 16.0. The summed E-state index contributed by atoms with van der Waals surface area (Å²) >= 11 is 0.975. The van der Waals surface area contributed by atoms with Crippen molar-refractivity contribution in [2.75, 3.05) is 32.1 Å². The van der Waals surface area contributed by atoms with Gasteiger partial charge in [0.25, 0.3) is 0 Å². The molecule has 2 heterocycles. The Balaban J connectivity index is 0.00000300. The van der Waals surface area contributed by atoms with Crippen molar-refractivity contribution >= 4 is 47.0 Å². The van der Waals surface area contributed by atoms with Crippen LogP contribution in [0.1, 0.15) is 17.1 Å². The molecule has 1 aromatic carbocycles. The van der Waals surface area contributed by atoms with Crippen molar-refractivity contribution in [3.8, 4) is 5.75 Å². The number of alkyl halides is 3. The first-order valence-electron chi connectivity index (χ1n) is 8.77. The average molecular weight is 541 g/mol. The molecule has 0 radical (unpaired) electrons. The number of aliphatic imine (C=N–C) groups is 1. The van der Waals surface area contributed by atoms with Crippen molar-refractivity contribution < 1.29 is 17.9 Å². The number of rotatable bonds is 5. The number of halogens is 4. The van der Waals surface area contributed by atoms with Gasteiger partial charge in [0.1, 0.15) is 10.8 Å². The van der Waals surface area contributed by atoms with E-state index in [2.05, 4.69) is 25.5 Å². The fourth-order valence-electron chi connectivity index (χ4n) is 3.06. The van der Waals surface area contributed by atoms with Crippen molar-refractivity contribution in [2.24, 2.45) is 4.99 Å². The van der Waals surface area contributed by atoms with E-state index in [-0.39, 0.29) is 36.6 Å². The first-order valence-corrected chi connectivity index (χ1v) is 9.65. The Morgan fingerprint density at radius 1 is 1.38 bits per heavy atom. The van der Waals surface area contributed by atoms with Crippen LogP contribution in [0.5, 0.6) is 5.75 Å². The number of ether oxygens (including phenoxy) is 1. The summed E-state index contributed by atoms with van der Waals surface area (Å²) in [6.45, 7) is 1.83. The average Bonchev–Trinajstić information content (AvgIpc) is 3.34. The van der Waals surface area contributed by atoms with E-state index in [9.17, 15) is 13.2 Å². The lowest BCUT2D eigenvalue weighted by atomic mass is 10.2. The highest BCUT2D eigenvalue weighted by Gasteiger charge is 2.33. The van der Waals surface area contributed by atoms with Crippen LogP contribution in [0.3, 0.4) is 0 Å². The van der Waals surface area contributed by atoms with Crippen LogP contribution in [0.2, 0.25) is 0 Å². The molecule has 29 heavy (non-hydrogen) atoms. The van der Waals surface area contributed by atoms with E-state index < -0.39 is 11.9 Å².